The molecule has 0 aliphatic carbocycles. The average molecular weight is 276 g/mol. The maximum absolute atomic E-state index is 12.0. The van der Waals surface area contributed by atoms with Crippen LogP contribution in [0.1, 0.15) is 26.2 Å². The van der Waals surface area contributed by atoms with Gasteiger partial charge in [0.2, 0.25) is 5.91 Å². The fraction of sp³-hybridized carbons (Fsp3) is 0.562. The molecule has 0 spiro atoms. The van der Waals surface area contributed by atoms with Crippen LogP contribution >= 0.6 is 0 Å². The summed E-state index contributed by atoms with van der Waals surface area (Å²) in [6, 6.07) is 8.14. The molecule has 1 aliphatic heterocycles. The van der Waals surface area contributed by atoms with Gasteiger partial charge < -0.3 is 14.5 Å². The zero-order valence-corrected chi connectivity index (χ0v) is 12.5. The van der Waals surface area contributed by atoms with E-state index in [1.807, 2.05) is 17.0 Å². The lowest BCUT2D eigenvalue weighted by atomic mass is 10.2. The van der Waals surface area contributed by atoms with Crippen molar-refractivity contribution in [2.75, 3.05) is 38.2 Å². The SMILES string of the molecule is CCCC(=O)N1CCCN(c2ccc(OC)cc2)CC1. The van der Waals surface area contributed by atoms with Crippen molar-refractivity contribution in [3.8, 4) is 5.75 Å². The van der Waals surface area contributed by atoms with Gasteiger partial charge in [0, 0.05) is 38.3 Å². The molecule has 110 valence electrons. The van der Waals surface area contributed by atoms with Gasteiger partial charge in [-0.15, -0.1) is 0 Å². The number of carbonyl (C=O) groups excluding carboxylic acids is 1. The zero-order chi connectivity index (χ0) is 14.4. The lowest BCUT2D eigenvalue weighted by molar-refractivity contribution is -0.131. The highest BCUT2D eigenvalue weighted by Gasteiger charge is 2.18. The summed E-state index contributed by atoms with van der Waals surface area (Å²) in [5, 5.41) is 0. The van der Waals surface area contributed by atoms with E-state index in [9.17, 15) is 4.79 Å². The van der Waals surface area contributed by atoms with Gasteiger partial charge in [-0.2, -0.15) is 0 Å². The van der Waals surface area contributed by atoms with E-state index in [0.29, 0.717) is 12.3 Å². The van der Waals surface area contributed by atoms with Gasteiger partial charge in [-0.3, -0.25) is 4.79 Å². The van der Waals surface area contributed by atoms with E-state index >= 15 is 0 Å². The Labute approximate surface area is 121 Å². The smallest absolute Gasteiger partial charge is 0.222 e. The maximum Gasteiger partial charge on any atom is 0.222 e. The Morgan fingerprint density at radius 2 is 1.90 bits per heavy atom. The van der Waals surface area contributed by atoms with E-state index in [0.717, 1.165) is 44.8 Å². The van der Waals surface area contributed by atoms with Crippen LogP contribution in [-0.2, 0) is 4.79 Å². The van der Waals surface area contributed by atoms with Gasteiger partial charge in [0.1, 0.15) is 5.75 Å². The van der Waals surface area contributed by atoms with Crippen LogP contribution in [0.3, 0.4) is 0 Å². The average Bonchev–Trinajstić information content (AvgIpc) is 2.73. The fourth-order valence-corrected chi connectivity index (χ4v) is 2.59. The maximum atomic E-state index is 12.0. The fourth-order valence-electron chi connectivity index (χ4n) is 2.59. The quantitative estimate of drug-likeness (QED) is 0.847. The lowest BCUT2D eigenvalue weighted by Gasteiger charge is -2.24. The minimum Gasteiger partial charge on any atom is -0.497 e. The molecule has 1 aromatic rings. The highest BCUT2D eigenvalue weighted by Crippen LogP contribution is 2.20. The normalized spacial score (nSPS) is 15.9. The predicted molar refractivity (Wildman–Crippen MR) is 81.3 cm³/mol. The Hall–Kier alpha value is -1.71. The third-order valence-electron chi connectivity index (χ3n) is 3.75. The van der Waals surface area contributed by atoms with Gasteiger partial charge in [0.05, 0.1) is 7.11 Å². The van der Waals surface area contributed by atoms with E-state index in [2.05, 4.69) is 24.0 Å². The number of amides is 1. The summed E-state index contributed by atoms with van der Waals surface area (Å²) < 4.78 is 5.19. The van der Waals surface area contributed by atoms with Crippen LogP contribution < -0.4 is 9.64 Å². The van der Waals surface area contributed by atoms with Gasteiger partial charge in [0.25, 0.3) is 0 Å². The summed E-state index contributed by atoms with van der Waals surface area (Å²) >= 11 is 0. The largest absolute Gasteiger partial charge is 0.497 e. The molecule has 20 heavy (non-hydrogen) atoms. The monoisotopic (exact) mass is 276 g/mol. The molecule has 0 bridgehead atoms. The lowest BCUT2D eigenvalue weighted by Crippen LogP contribution is -2.35. The van der Waals surface area contributed by atoms with E-state index in [4.69, 9.17) is 4.74 Å². The molecule has 1 aromatic carbocycles. The van der Waals surface area contributed by atoms with Gasteiger partial charge in [-0.05, 0) is 37.1 Å². The first-order valence-corrected chi connectivity index (χ1v) is 7.41. The van der Waals surface area contributed by atoms with Gasteiger partial charge in [-0.25, -0.2) is 0 Å². The molecule has 0 aromatic heterocycles. The summed E-state index contributed by atoms with van der Waals surface area (Å²) in [4.78, 5) is 16.3. The van der Waals surface area contributed by atoms with Crippen LogP contribution in [0.2, 0.25) is 0 Å². The van der Waals surface area contributed by atoms with E-state index < -0.39 is 0 Å². The summed E-state index contributed by atoms with van der Waals surface area (Å²) in [6.07, 6.45) is 2.63. The topological polar surface area (TPSA) is 32.8 Å². The second-order valence-electron chi connectivity index (χ2n) is 5.17. The van der Waals surface area contributed by atoms with Crippen molar-refractivity contribution in [2.24, 2.45) is 0 Å². The highest BCUT2D eigenvalue weighted by atomic mass is 16.5. The first-order chi connectivity index (χ1) is 9.74. The number of ether oxygens (including phenoxy) is 1. The molecule has 1 amide bonds. The van der Waals surface area contributed by atoms with Crippen LogP contribution in [0.25, 0.3) is 0 Å². The predicted octanol–water partition coefficient (Wildman–Crippen LogP) is 2.53. The number of rotatable bonds is 4. The number of carbonyl (C=O) groups is 1. The molecular formula is C16H24N2O2. The number of benzene rings is 1. The van der Waals surface area contributed by atoms with Crippen LogP contribution in [0.5, 0.6) is 5.75 Å². The molecule has 0 atom stereocenters. The summed E-state index contributed by atoms with van der Waals surface area (Å²) in [5.41, 5.74) is 1.20. The van der Waals surface area contributed by atoms with Crippen molar-refractivity contribution in [3.05, 3.63) is 24.3 Å². The minimum absolute atomic E-state index is 0.295. The number of methoxy groups -OCH3 is 1. The first kappa shape index (κ1) is 14.7. The van der Waals surface area contributed by atoms with Crippen molar-refractivity contribution >= 4 is 11.6 Å². The molecule has 1 saturated heterocycles. The Kier molecular flexibility index (Phi) is 5.27. The Morgan fingerprint density at radius 1 is 1.15 bits per heavy atom. The number of hydrogen-bond donors (Lipinski definition) is 0. The number of hydrogen-bond acceptors (Lipinski definition) is 3. The third kappa shape index (κ3) is 3.65. The molecule has 1 aliphatic rings. The molecule has 0 N–H and O–H groups in total. The van der Waals surface area contributed by atoms with Crippen molar-refractivity contribution in [2.45, 2.75) is 26.2 Å². The molecule has 1 heterocycles. The molecular weight excluding hydrogens is 252 g/mol. The molecule has 4 nitrogen and oxygen atoms in total. The van der Waals surface area contributed by atoms with Gasteiger partial charge in [-0.1, -0.05) is 6.92 Å². The van der Waals surface area contributed by atoms with Crippen LogP contribution in [0.15, 0.2) is 24.3 Å². The molecule has 0 radical (unpaired) electrons. The summed E-state index contributed by atoms with van der Waals surface area (Å²) in [7, 11) is 1.68. The molecule has 4 heteroatoms. The summed E-state index contributed by atoms with van der Waals surface area (Å²) in [6.45, 7) is 5.67. The molecule has 0 unspecified atom stereocenters. The number of anilines is 1. The van der Waals surface area contributed by atoms with Gasteiger partial charge in [0.15, 0.2) is 0 Å². The highest BCUT2D eigenvalue weighted by molar-refractivity contribution is 5.76. The first-order valence-electron chi connectivity index (χ1n) is 7.41. The Balaban J connectivity index is 1.96. The van der Waals surface area contributed by atoms with Crippen LogP contribution in [0, 0.1) is 0 Å². The van der Waals surface area contributed by atoms with Crippen LogP contribution in [-0.4, -0.2) is 44.1 Å². The Bertz CT molecular complexity index is 431. The molecule has 0 saturated carbocycles. The van der Waals surface area contributed by atoms with Crippen molar-refractivity contribution < 1.29 is 9.53 Å². The Morgan fingerprint density at radius 3 is 2.55 bits per heavy atom. The minimum atomic E-state index is 0.295. The zero-order valence-electron chi connectivity index (χ0n) is 12.5. The van der Waals surface area contributed by atoms with E-state index in [1.165, 1.54) is 5.69 Å². The van der Waals surface area contributed by atoms with Gasteiger partial charge >= 0.3 is 0 Å². The van der Waals surface area contributed by atoms with E-state index in [-0.39, 0.29) is 0 Å². The second-order valence-corrected chi connectivity index (χ2v) is 5.17. The van der Waals surface area contributed by atoms with Crippen LogP contribution in [0.4, 0.5) is 5.69 Å². The summed E-state index contributed by atoms with van der Waals surface area (Å²) in [5.74, 6) is 1.17. The second kappa shape index (κ2) is 7.17. The van der Waals surface area contributed by atoms with Crippen molar-refractivity contribution in [3.63, 3.8) is 0 Å². The molecule has 1 fully saturated rings. The standard InChI is InChI=1S/C16H24N2O2/c1-3-5-16(19)18-11-4-10-17(12-13-18)14-6-8-15(20-2)9-7-14/h6-9H,3-5,10-13H2,1-2H3. The number of nitrogens with zero attached hydrogens (tertiary/aromatic N) is 2. The third-order valence-corrected chi connectivity index (χ3v) is 3.75. The van der Waals surface area contributed by atoms with Crippen molar-refractivity contribution in [1.82, 2.24) is 4.90 Å². The van der Waals surface area contributed by atoms with E-state index in [1.54, 1.807) is 7.11 Å². The molecule has 2 rings (SSSR count). The van der Waals surface area contributed by atoms with Crippen molar-refractivity contribution in [1.29, 1.82) is 0 Å².